The smallest absolute Gasteiger partial charge is 0.259 e. The second kappa shape index (κ2) is 9.54. The van der Waals surface area contributed by atoms with Gasteiger partial charge in [-0.2, -0.15) is 0 Å². The van der Waals surface area contributed by atoms with Crippen molar-refractivity contribution in [1.82, 2.24) is 0 Å². The zero-order valence-electron chi connectivity index (χ0n) is 15.9. The Morgan fingerprint density at radius 1 is 1.07 bits per heavy atom. The first kappa shape index (κ1) is 20.1. The van der Waals surface area contributed by atoms with Crippen LogP contribution in [0.5, 0.6) is 5.75 Å². The monoisotopic (exact) mass is 396 g/mol. The number of para-hydroxylation sites is 1. The van der Waals surface area contributed by atoms with Gasteiger partial charge in [-0.1, -0.05) is 18.2 Å². The van der Waals surface area contributed by atoms with E-state index in [0.717, 1.165) is 5.75 Å². The fourth-order valence-electron chi connectivity index (χ4n) is 2.67. The van der Waals surface area contributed by atoms with Gasteiger partial charge in [0.2, 0.25) is 5.91 Å². The summed E-state index contributed by atoms with van der Waals surface area (Å²) < 4.78 is 24.7. The molecule has 2 amide bonds. The van der Waals surface area contributed by atoms with Crippen molar-refractivity contribution in [1.29, 1.82) is 0 Å². The molecular weight excluding hydrogens is 375 g/mol. The summed E-state index contributed by atoms with van der Waals surface area (Å²) in [4.78, 5) is 24.3. The minimum Gasteiger partial charge on any atom is -0.494 e. The number of amides is 2. The van der Waals surface area contributed by atoms with Crippen LogP contribution in [0.25, 0.3) is 0 Å². The second-order valence-electron chi connectivity index (χ2n) is 6.35. The quantitative estimate of drug-likeness (QED) is 0.537. The highest BCUT2D eigenvalue weighted by atomic mass is 19.1. The van der Waals surface area contributed by atoms with Gasteiger partial charge in [-0.05, 0) is 49.7 Å². The Hall–Kier alpha value is -3.61. The van der Waals surface area contributed by atoms with Crippen LogP contribution in [-0.4, -0.2) is 18.4 Å². The third-order valence-corrected chi connectivity index (χ3v) is 4.16. The molecule has 0 atom stereocenters. The molecule has 1 aromatic heterocycles. The molecule has 7 heteroatoms. The molecule has 150 valence electrons. The van der Waals surface area contributed by atoms with Crippen LogP contribution in [-0.2, 0) is 4.79 Å². The summed E-state index contributed by atoms with van der Waals surface area (Å²) in [6.45, 7) is 2.05. The number of carbonyl (C=O) groups excluding carboxylic acids is 2. The van der Waals surface area contributed by atoms with Gasteiger partial charge in [-0.15, -0.1) is 0 Å². The Kier molecular flexibility index (Phi) is 6.63. The number of aryl methyl sites for hydroxylation is 1. The zero-order valence-corrected chi connectivity index (χ0v) is 15.9. The Morgan fingerprint density at radius 2 is 1.86 bits per heavy atom. The van der Waals surface area contributed by atoms with Crippen LogP contribution in [0.4, 0.5) is 15.8 Å². The third-order valence-electron chi connectivity index (χ3n) is 4.16. The molecule has 29 heavy (non-hydrogen) atoms. The zero-order chi connectivity index (χ0) is 20.6. The molecular formula is C22H21FN2O4. The molecule has 3 rings (SSSR count). The van der Waals surface area contributed by atoms with E-state index in [0.29, 0.717) is 30.0 Å². The van der Waals surface area contributed by atoms with Crippen molar-refractivity contribution in [2.45, 2.75) is 19.8 Å². The summed E-state index contributed by atoms with van der Waals surface area (Å²) in [6, 6.07) is 14.8. The van der Waals surface area contributed by atoms with Crippen molar-refractivity contribution in [2.75, 3.05) is 17.2 Å². The number of ether oxygens (including phenoxy) is 1. The van der Waals surface area contributed by atoms with Gasteiger partial charge >= 0.3 is 0 Å². The first-order chi connectivity index (χ1) is 14.0. The summed E-state index contributed by atoms with van der Waals surface area (Å²) in [6.07, 6.45) is 2.17. The fraction of sp³-hybridized carbons (Fsp3) is 0.182. The van der Waals surface area contributed by atoms with Crippen LogP contribution in [0.1, 0.15) is 29.0 Å². The van der Waals surface area contributed by atoms with Gasteiger partial charge in [0.25, 0.3) is 5.91 Å². The second-order valence-corrected chi connectivity index (χ2v) is 6.35. The van der Waals surface area contributed by atoms with Crippen LogP contribution in [0.3, 0.4) is 0 Å². The summed E-state index contributed by atoms with van der Waals surface area (Å²) in [7, 11) is 0. The Balaban J connectivity index is 1.51. The number of rotatable bonds is 8. The molecule has 0 saturated heterocycles. The summed E-state index contributed by atoms with van der Waals surface area (Å²) >= 11 is 0. The van der Waals surface area contributed by atoms with E-state index in [2.05, 4.69) is 10.6 Å². The maximum atomic E-state index is 14.1. The molecule has 0 aliphatic rings. The van der Waals surface area contributed by atoms with Crippen molar-refractivity contribution in [3.8, 4) is 5.75 Å². The fourth-order valence-corrected chi connectivity index (χ4v) is 2.67. The highest BCUT2D eigenvalue weighted by molar-refractivity contribution is 6.05. The van der Waals surface area contributed by atoms with E-state index in [1.54, 1.807) is 6.92 Å². The normalized spacial score (nSPS) is 10.4. The lowest BCUT2D eigenvalue weighted by molar-refractivity contribution is -0.116. The van der Waals surface area contributed by atoms with Crippen LogP contribution < -0.4 is 15.4 Å². The SMILES string of the molecule is Cc1occc1C(=O)Nc1cc(NC(=O)CCCOc2ccccc2)ccc1F. The van der Waals surface area contributed by atoms with Gasteiger partial charge in [0.15, 0.2) is 0 Å². The molecule has 0 saturated carbocycles. The average Bonchev–Trinajstić information content (AvgIpc) is 3.15. The lowest BCUT2D eigenvalue weighted by Crippen LogP contribution is -2.15. The lowest BCUT2D eigenvalue weighted by Gasteiger charge is -2.10. The van der Waals surface area contributed by atoms with Crippen molar-refractivity contribution in [3.05, 3.63) is 78.0 Å². The van der Waals surface area contributed by atoms with E-state index < -0.39 is 11.7 Å². The molecule has 0 aliphatic heterocycles. The molecule has 0 unspecified atom stereocenters. The van der Waals surface area contributed by atoms with Crippen molar-refractivity contribution in [3.63, 3.8) is 0 Å². The number of hydrogen-bond acceptors (Lipinski definition) is 4. The minimum absolute atomic E-state index is 0.0270. The van der Waals surface area contributed by atoms with Gasteiger partial charge in [0.05, 0.1) is 24.1 Å². The van der Waals surface area contributed by atoms with E-state index in [1.165, 1.54) is 30.5 Å². The Morgan fingerprint density at radius 3 is 2.59 bits per heavy atom. The van der Waals surface area contributed by atoms with Gasteiger partial charge < -0.3 is 19.8 Å². The van der Waals surface area contributed by atoms with Crippen LogP contribution in [0, 0.1) is 12.7 Å². The van der Waals surface area contributed by atoms with Crippen LogP contribution in [0.2, 0.25) is 0 Å². The molecule has 0 spiro atoms. The predicted molar refractivity (Wildman–Crippen MR) is 108 cm³/mol. The van der Waals surface area contributed by atoms with Crippen molar-refractivity contribution >= 4 is 23.2 Å². The summed E-state index contributed by atoms with van der Waals surface area (Å²) in [5.41, 5.74) is 0.678. The molecule has 2 aromatic carbocycles. The van der Waals surface area contributed by atoms with Crippen LogP contribution >= 0.6 is 0 Å². The van der Waals surface area contributed by atoms with Gasteiger partial charge in [0.1, 0.15) is 17.3 Å². The largest absolute Gasteiger partial charge is 0.494 e. The van der Waals surface area contributed by atoms with E-state index >= 15 is 0 Å². The Bertz CT molecular complexity index is 985. The van der Waals surface area contributed by atoms with Gasteiger partial charge in [-0.25, -0.2) is 4.39 Å². The first-order valence-corrected chi connectivity index (χ1v) is 9.15. The number of furan rings is 1. The first-order valence-electron chi connectivity index (χ1n) is 9.15. The van der Waals surface area contributed by atoms with E-state index in [9.17, 15) is 14.0 Å². The molecule has 2 N–H and O–H groups in total. The maximum Gasteiger partial charge on any atom is 0.259 e. The average molecular weight is 396 g/mol. The van der Waals surface area contributed by atoms with Crippen molar-refractivity contribution in [2.24, 2.45) is 0 Å². The van der Waals surface area contributed by atoms with Gasteiger partial charge in [-0.3, -0.25) is 9.59 Å². The molecule has 1 heterocycles. The highest BCUT2D eigenvalue weighted by Gasteiger charge is 2.14. The number of nitrogens with one attached hydrogen (secondary N) is 2. The number of halogens is 1. The van der Waals surface area contributed by atoms with E-state index in [1.807, 2.05) is 30.3 Å². The molecule has 0 bridgehead atoms. The molecule has 0 aliphatic carbocycles. The summed E-state index contributed by atoms with van der Waals surface area (Å²) in [5.74, 6) is -0.133. The Labute approximate surface area is 167 Å². The van der Waals surface area contributed by atoms with Crippen LogP contribution in [0.15, 0.2) is 65.3 Å². The standard InChI is InChI=1S/C22H21FN2O4/c1-15-18(11-13-28-15)22(27)25-20-14-16(9-10-19(20)23)24-21(26)8-5-12-29-17-6-3-2-4-7-17/h2-4,6-7,9-11,13-14H,5,8,12H2,1H3,(H,24,26)(H,25,27). The molecule has 0 fully saturated rings. The summed E-state index contributed by atoms with van der Waals surface area (Å²) in [5, 5.41) is 5.19. The number of anilines is 2. The highest BCUT2D eigenvalue weighted by Crippen LogP contribution is 2.21. The minimum atomic E-state index is -0.603. The number of benzene rings is 2. The number of hydrogen-bond donors (Lipinski definition) is 2. The maximum absolute atomic E-state index is 14.1. The molecule has 6 nitrogen and oxygen atoms in total. The van der Waals surface area contributed by atoms with E-state index in [4.69, 9.17) is 9.15 Å². The molecule has 0 radical (unpaired) electrons. The van der Waals surface area contributed by atoms with Crippen molar-refractivity contribution < 1.29 is 23.1 Å². The third kappa shape index (κ3) is 5.68. The van der Waals surface area contributed by atoms with Gasteiger partial charge in [0, 0.05) is 12.1 Å². The topological polar surface area (TPSA) is 80.6 Å². The lowest BCUT2D eigenvalue weighted by atomic mass is 10.2. The predicted octanol–water partition coefficient (Wildman–Crippen LogP) is 4.78. The van der Waals surface area contributed by atoms with E-state index in [-0.39, 0.29) is 18.0 Å². The molecule has 3 aromatic rings. The number of carbonyl (C=O) groups is 2.